The van der Waals surface area contributed by atoms with E-state index in [-0.39, 0.29) is 5.91 Å². The van der Waals surface area contributed by atoms with Gasteiger partial charge in [0.15, 0.2) is 5.40 Å². The average Bonchev–Trinajstić information content (AvgIpc) is 2.18. The fourth-order valence-corrected chi connectivity index (χ4v) is 1.28. The zero-order valence-electron chi connectivity index (χ0n) is 4.83. The van der Waals surface area contributed by atoms with Crippen LogP contribution in [0.2, 0.25) is 0 Å². The Bertz CT molecular complexity index is 163. The van der Waals surface area contributed by atoms with Gasteiger partial charge < -0.3 is 0 Å². The van der Waals surface area contributed by atoms with Gasteiger partial charge in [-0.3, -0.25) is 9.10 Å². The number of amides is 1. The first kappa shape index (κ1) is 6.43. The van der Waals surface area contributed by atoms with Gasteiger partial charge in [-0.25, -0.2) is 0 Å². The molecule has 0 unspecified atom stereocenters. The van der Waals surface area contributed by atoms with E-state index < -0.39 is 0 Å². The second kappa shape index (κ2) is 2.74. The highest BCUT2D eigenvalue weighted by Crippen LogP contribution is 2.17. The minimum absolute atomic E-state index is 0.0848. The van der Waals surface area contributed by atoms with E-state index in [2.05, 4.69) is 0 Å². The smallest absolute Gasteiger partial charge is 0.233 e. The highest BCUT2D eigenvalue weighted by Gasteiger charge is 2.20. The van der Waals surface area contributed by atoms with E-state index in [9.17, 15) is 4.79 Å². The van der Waals surface area contributed by atoms with Gasteiger partial charge >= 0.3 is 0 Å². The second-order valence-electron chi connectivity index (χ2n) is 1.78. The maximum absolute atomic E-state index is 10.7. The van der Waals surface area contributed by atoms with Crippen LogP contribution in [0.15, 0.2) is 0 Å². The summed E-state index contributed by atoms with van der Waals surface area (Å²) >= 11 is 0.936. The van der Waals surface area contributed by atoms with Gasteiger partial charge in [0.1, 0.15) is 0 Å². The van der Waals surface area contributed by atoms with Gasteiger partial charge in [0, 0.05) is 13.0 Å². The largest absolute Gasteiger partial charge is 0.274 e. The van der Waals surface area contributed by atoms with Crippen molar-refractivity contribution in [2.24, 2.45) is 0 Å². The molecular formula is C5H6N2OS. The van der Waals surface area contributed by atoms with E-state index in [1.807, 2.05) is 5.40 Å². The standard InChI is InChI=1S/C5H6N2OS/c6-4-9-7-3-1-2-5(7)8/h1-3H2. The number of nitriles is 1. The van der Waals surface area contributed by atoms with Crippen LogP contribution in [0.25, 0.3) is 0 Å². The lowest BCUT2D eigenvalue weighted by Gasteiger charge is -2.05. The Kier molecular flexibility index (Phi) is 1.96. The lowest BCUT2D eigenvalue weighted by atomic mass is 10.4. The Balaban J connectivity index is 2.42. The second-order valence-corrected chi connectivity index (χ2v) is 2.59. The van der Waals surface area contributed by atoms with Crippen LogP contribution in [0, 0.1) is 10.7 Å². The van der Waals surface area contributed by atoms with Crippen molar-refractivity contribution in [3.63, 3.8) is 0 Å². The molecule has 0 aliphatic carbocycles. The molecule has 0 bridgehead atoms. The molecule has 0 N–H and O–H groups in total. The molecule has 0 aromatic heterocycles. The van der Waals surface area contributed by atoms with Crippen molar-refractivity contribution >= 4 is 17.9 Å². The molecule has 1 heterocycles. The summed E-state index contributed by atoms with van der Waals surface area (Å²) in [6.07, 6.45) is 1.50. The summed E-state index contributed by atoms with van der Waals surface area (Å²) < 4.78 is 1.50. The normalized spacial score (nSPS) is 18.1. The molecule has 1 rings (SSSR count). The fourth-order valence-electron chi connectivity index (χ4n) is 0.769. The van der Waals surface area contributed by atoms with Gasteiger partial charge in [0.05, 0.1) is 11.9 Å². The van der Waals surface area contributed by atoms with Crippen LogP contribution >= 0.6 is 11.9 Å². The van der Waals surface area contributed by atoms with Crippen molar-refractivity contribution < 1.29 is 4.79 Å². The molecule has 1 saturated heterocycles. The molecule has 9 heavy (non-hydrogen) atoms. The Labute approximate surface area is 57.8 Å². The van der Waals surface area contributed by atoms with Gasteiger partial charge in [0.25, 0.3) is 0 Å². The number of nitrogens with zero attached hydrogens (tertiary/aromatic N) is 2. The van der Waals surface area contributed by atoms with E-state index in [0.29, 0.717) is 6.42 Å². The molecule has 0 aromatic rings. The summed E-state index contributed by atoms with van der Waals surface area (Å²) in [4.78, 5) is 10.7. The molecule has 1 aliphatic rings. The van der Waals surface area contributed by atoms with E-state index in [1.165, 1.54) is 4.31 Å². The predicted octanol–water partition coefficient (Wildman–Crippen LogP) is 0.738. The molecule has 1 amide bonds. The minimum Gasteiger partial charge on any atom is -0.274 e. The first-order chi connectivity index (χ1) is 4.34. The summed E-state index contributed by atoms with van der Waals surface area (Å²) in [5, 5.41) is 10.0. The zero-order valence-corrected chi connectivity index (χ0v) is 5.65. The Morgan fingerprint density at radius 2 is 2.56 bits per heavy atom. The Morgan fingerprint density at radius 1 is 1.78 bits per heavy atom. The molecule has 0 radical (unpaired) electrons. The van der Waals surface area contributed by atoms with Crippen LogP contribution in [0.1, 0.15) is 12.8 Å². The van der Waals surface area contributed by atoms with Crippen molar-refractivity contribution in [2.45, 2.75) is 12.8 Å². The van der Waals surface area contributed by atoms with Crippen molar-refractivity contribution in [1.82, 2.24) is 4.31 Å². The van der Waals surface area contributed by atoms with E-state index >= 15 is 0 Å². The van der Waals surface area contributed by atoms with Crippen molar-refractivity contribution in [3.8, 4) is 5.40 Å². The van der Waals surface area contributed by atoms with Gasteiger partial charge in [-0.05, 0) is 6.42 Å². The van der Waals surface area contributed by atoms with Crippen LogP contribution < -0.4 is 0 Å². The van der Waals surface area contributed by atoms with E-state index in [4.69, 9.17) is 5.26 Å². The van der Waals surface area contributed by atoms with Gasteiger partial charge in [-0.1, -0.05) is 0 Å². The van der Waals surface area contributed by atoms with E-state index in [1.54, 1.807) is 0 Å². The maximum atomic E-state index is 10.7. The first-order valence-electron chi connectivity index (χ1n) is 2.71. The number of carbonyl (C=O) groups is 1. The quantitative estimate of drug-likeness (QED) is 0.400. The minimum atomic E-state index is 0.0848. The summed E-state index contributed by atoms with van der Waals surface area (Å²) in [6, 6.07) is 0. The third-order valence-electron chi connectivity index (χ3n) is 1.18. The Hall–Kier alpha value is -0.690. The first-order valence-corrected chi connectivity index (χ1v) is 3.48. The molecular weight excluding hydrogens is 136 g/mol. The highest BCUT2D eigenvalue weighted by atomic mass is 32.2. The monoisotopic (exact) mass is 142 g/mol. The van der Waals surface area contributed by atoms with Crippen LogP contribution in [0.4, 0.5) is 0 Å². The third-order valence-corrected chi connectivity index (χ3v) is 1.87. The van der Waals surface area contributed by atoms with Crippen LogP contribution in [0.3, 0.4) is 0 Å². The number of rotatable bonds is 1. The number of thiocyanates is 1. The summed E-state index contributed by atoms with van der Waals surface area (Å²) in [5.41, 5.74) is 0. The van der Waals surface area contributed by atoms with Gasteiger partial charge in [-0.15, -0.1) is 0 Å². The molecule has 0 spiro atoms. The number of carbonyl (C=O) groups excluding carboxylic acids is 1. The lowest BCUT2D eigenvalue weighted by molar-refractivity contribution is -0.123. The molecule has 1 fully saturated rings. The topological polar surface area (TPSA) is 44.1 Å². The highest BCUT2D eigenvalue weighted by molar-refractivity contribution is 8.02. The number of hydrogen-bond acceptors (Lipinski definition) is 3. The molecule has 0 saturated carbocycles. The van der Waals surface area contributed by atoms with Gasteiger partial charge in [-0.2, -0.15) is 5.26 Å². The maximum Gasteiger partial charge on any atom is 0.233 e. The molecule has 1 aliphatic heterocycles. The van der Waals surface area contributed by atoms with Crippen LogP contribution in [0.5, 0.6) is 0 Å². The number of hydrogen-bond donors (Lipinski definition) is 0. The molecule has 0 atom stereocenters. The lowest BCUT2D eigenvalue weighted by Crippen LogP contribution is -2.14. The average molecular weight is 142 g/mol. The summed E-state index contributed by atoms with van der Waals surface area (Å²) in [5.74, 6) is 0.0848. The van der Waals surface area contributed by atoms with Crippen molar-refractivity contribution in [1.29, 1.82) is 5.26 Å². The fraction of sp³-hybridized carbons (Fsp3) is 0.600. The zero-order chi connectivity index (χ0) is 6.69. The van der Waals surface area contributed by atoms with Crippen LogP contribution in [-0.2, 0) is 4.79 Å². The summed E-state index contributed by atoms with van der Waals surface area (Å²) in [7, 11) is 0. The van der Waals surface area contributed by atoms with Crippen molar-refractivity contribution in [2.75, 3.05) is 6.54 Å². The molecule has 4 heteroatoms. The summed E-state index contributed by atoms with van der Waals surface area (Å²) in [6.45, 7) is 0.733. The SMILES string of the molecule is N#CSN1CCCC1=O. The third kappa shape index (κ3) is 1.36. The van der Waals surface area contributed by atoms with Crippen molar-refractivity contribution in [3.05, 3.63) is 0 Å². The Morgan fingerprint density at radius 3 is 3.00 bits per heavy atom. The predicted molar refractivity (Wildman–Crippen MR) is 34.2 cm³/mol. The molecule has 0 aromatic carbocycles. The molecule has 3 nitrogen and oxygen atoms in total. The van der Waals surface area contributed by atoms with Gasteiger partial charge in [0.2, 0.25) is 5.91 Å². The van der Waals surface area contributed by atoms with Crippen LogP contribution in [-0.4, -0.2) is 16.8 Å². The molecule has 48 valence electrons. The van der Waals surface area contributed by atoms with E-state index in [0.717, 1.165) is 24.9 Å².